The molecular formula is C17H16ClNO. The first-order valence-electron chi connectivity index (χ1n) is 6.41. The van der Waals surface area contributed by atoms with Crippen molar-refractivity contribution < 1.29 is 4.79 Å². The SMILES string of the molecule is Cc1ccc(/C=C/C(=O)NCc2ccccc2Cl)cc1. The fourth-order valence-electron chi connectivity index (χ4n) is 1.73. The third-order valence-corrected chi connectivity index (χ3v) is 3.28. The predicted octanol–water partition coefficient (Wildman–Crippen LogP) is 3.98. The summed E-state index contributed by atoms with van der Waals surface area (Å²) in [6, 6.07) is 15.5. The second-order valence-electron chi connectivity index (χ2n) is 4.55. The van der Waals surface area contributed by atoms with Crippen molar-refractivity contribution in [3.63, 3.8) is 0 Å². The zero-order chi connectivity index (χ0) is 14.4. The molecule has 0 radical (unpaired) electrons. The topological polar surface area (TPSA) is 29.1 Å². The van der Waals surface area contributed by atoms with E-state index in [2.05, 4.69) is 5.32 Å². The first kappa shape index (κ1) is 14.4. The Bertz CT molecular complexity index is 617. The van der Waals surface area contributed by atoms with Crippen LogP contribution in [0.1, 0.15) is 16.7 Å². The van der Waals surface area contributed by atoms with Gasteiger partial charge in [0.2, 0.25) is 5.91 Å². The van der Waals surface area contributed by atoms with Crippen LogP contribution in [0.25, 0.3) is 6.08 Å². The Morgan fingerprint density at radius 1 is 1.15 bits per heavy atom. The Morgan fingerprint density at radius 2 is 1.85 bits per heavy atom. The Balaban J connectivity index is 1.90. The third-order valence-electron chi connectivity index (χ3n) is 2.92. The highest BCUT2D eigenvalue weighted by Gasteiger charge is 2.00. The van der Waals surface area contributed by atoms with E-state index in [0.29, 0.717) is 11.6 Å². The molecule has 0 aromatic heterocycles. The fraction of sp³-hybridized carbons (Fsp3) is 0.118. The van der Waals surface area contributed by atoms with Crippen molar-refractivity contribution in [3.05, 3.63) is 76.3 Å². The fourth-order valence-corrected chi connectivity index (χ4v) is 1.94. The summed E-state index contributed by atoms with van der Waals surface area (Å²) in [4.78, 5) is 11.7. The normalized spacial score (nSPS) is 10.7. The molecule has 2 aromatic rings. The number of carbonyl (C=O) groups is 1. The van der Waals surface area contributed by atoms with Gasteiger partial charge in [-0.05, 0) is 30.2 Å². The number of carbonyl (C=O) groups excluding carboxylic acids is 1. The summed E-state index contributed by atoms with van der Waals surface area (Å²) in [6.07, 6.45) is 3.32. The van der Waals surface area contributed by atoms with Gasteiger partial charge in [0.05, 0.1) is 0 Å². The molecule has 1 amide bonds. The van der Waals surface area contributed by atoms with Gasteiger partial charge in [0, 0.05) is 17.6 Å². The molecule has 0 unspecified atom stereocenters. The van der Waals surface area contributed by atoms with E-state index >= 15 is 0 Å². The van der Waals surface area contributed by atoms with Crippen LogP contribution < -0.4 is 5.32 Å². The van der Waals surface area contributed by atoms with E-state index in [1.807, 2.05) is 55.5 Å². The number of rotatable bonds is 4. The number of hydrogen-bond donors (Lipinski definition) is 1. The van der Waals surface area contributed by atoms with Crippen molar-refractivity contribution in [2.24, 2.45) is 0 Å². The molecule has 102 valence electrons. The highest BCUT2D eigenvalue weighted by Crippen LogP contribution is 2.14. The smallest absolute Gasteiger partial charge is 0.244 e. The molecule has 0 heterocycles. The number of benzene rings is 2. The van der Waals surface area contributed by atoms with Crippen LogP contribution >= 0.6 is 11.6 Å². The molecule has 0 aliphatic carbocycles. The lowest BCUT2D eigenvalue weighted by molar-refractivity contribution is -0.116. The van der Waals surface area contributed by atoms with Gasteiger partial charge in [0.25, 0.3) is 0 Å². The maximum absolute atomic E-state index is 11.7. The summed E-state index contributed by atoms with van der Waals surface area (Å²) >= 11 is 6.03. The van der Waals surface area contributed by atoms with Gasteiger partial charge >= 0.3 is 0 Å². The van der Waals surface area contributed by atoms with E-state index < -0.39 is 0 Å². The van der Waals surface area contributed by atoms with Crippen molar-refractivity contribution >= 4 is 23.6 Å². The summed E-state index contributed by atoms with van der Waals surface area (Å²) < 4.78 is 0. The Hall–Kier alpha value is -2.06. The van der Waals surface area contributed by atoms with E-state index in [4.69, 9.17) is 11.6 Å². The number of halogens is 1. The van der Waals surface area contributed by atoms with Crippen LogP contribution in [0.15, 0.2) is 54.6 Å². The summed E-state index contributed by atoms with van der Waals surface area (Å²) in [5.74, 6) is -0.134. The minimum atomic E-state index is -0.134. The van der Waals surface area contributed by atoms with Crippen LogP contribution in [0, 0.1) is 6.92 Å². The zero-order valence-corrected chi connectivity index (χ0v) is 12.0. The van der Waals surface area contributed by atoms with E-state index in [1.54, 1.807) is 6.08 Å². The molecule has 2 aromatic carbocycles. The summed E-state index contributed by atoms with van der Waals surface area (Å²) in [6.45, 7) is 2.46. The average Bonchev–Trinajstić information content (AvgIpc) is 2.46. The Morgan fingerprint density at radius 3 is 2.55 bits per heavy atom. The lowest BCUT2D eigenvalue weighted by atomic mass is 10.1. The molecule has 0 saturated heterocycles. The molecule has 3 heteroatoms. The van der Waals surface area contributed by atoms with Crippen molar-refractivity contribution in [2.75, 3.05) is 0 Å². The second kappa shape index (κ2) is 6.92. The monoisotopic (exact) mass is 285 g/mol. The van der Waals surface area contributed by atoms with Gasteiger partial charge in [-0.1, -0.05) is 59.6 Å². The maximum Gasteiger partial charge on any atom is 0.244 e. The first-order chi connectivity index (χ1) is 9.65. The van der Waals surface area contributed by atoms with Gasteiger partial charge in [0.1, 0.15) is 0 Å². The first-order valence-corrected chi connectivity index (χ1v) is 6.79. The number of aryl methyl sites for hydroxylation is 1. The maximum atomic E-state index is 11.7. The van der Waals surface area contributed by atoms with Crippen LogP contribution in [0.3, 0.4) is 0 Å². The van der Waals surface area contributed by atoms with Gasteiger partial charge in [0.15, 0.2) is 0 Å². The summed E-state index contributed by atoms with van der Waals surface area (Å²) in [7, 11) is 0. The largest absolute Gasteiger partial charge is 0.348 e. The van der Waals surface area contributed by atoms with Crippen LogP contribution in [-0.2, 0) is 11.3 Å². The minimum Gasteiger partial charge on any atom is -0.348 e. The molecule has 2 rings (SSSR count). The van der Waals surface area contributed by atoms with Crippen molar-refractivity contribution in [2.45, 2.75) is 13.5 Å². The molecule has 0 atom stereocenters. The van der Waals surface area contributed by atoms with E-state index in [0.717, 1.165) is 11.1 Å². The molecule has 0 fully saturated rings. The minimum absolute atomic E-state index is 0.134. The molecule has 0 spiro atoms. The standard InChI is InChI=1S/C17H16ClNO/c1-13-6-8-14(9-7-13)10-11-17(20)19-12-15-4-2-3-5-16(15)18/h2-11H,12H2,1H3,(H,19,20)/b11-10+. The molecule has 0 saturated carbocycles. The van der Waals surface area contributed by atoms with Crippen LogP contribution in [0.5, 0.6) is 0 Å². The molecule has 0 aliphatic heterocycles. The summed E-state index contributed by atoms with van der Waals surface area (Å²) in [5.41, 5.74) is 3.11. The van der Waals surface area contributed by atoms with E-state index in [1.165, 1.54) is 11.6 Å². The number of amides is 1. The molecule has 1 N–H and O–H groups in total. The van der Waals surface area contributed by atoms with Crippen LogP contribution in [0.4, 0.5) is 0 Å². The van der Waals surface area contributed by atoms with E-state index in [9.17, 15) is 4.79 Å². The lowest BCUT2D eigenvalue weighted by Gasteiger charge is -2.04. The predicted molar refractivity (Wildman–Crippen MR) is 83.5 cm³/mol. The Labute approximate surface area is 124 Å². The molecule has 0 bridgehead atoms. The van der Waals surface area contributed by atoms with Gasteiger partial charge < -0.3 is 5.32 Å². The average molecular weight is 286 g/mol. The molecule has 20 heavy (non-hydrogen) atoms. The quantitative estimate of drug-likeness (QED) is 0.846. The van der Waals surface area contributed by atoms with Crippen molar-refractivity contribution in [1.29, 1.82) is 0 Å². The molecule has 2 nitrogen and oxygen atoms in total. The number of nitrogens with one attached hydrogen (secondary N) is 1. The van der Waals surface area contributed by atoms with Crippen LogP contribution in [-0.4, -0.2) is 5.91 Å². The van der Waals surface area contributed by atoms with Gasteiger partial charge in [-0.3, -0.25) is 4.79 Å². The van der Waals surface area contributed by atoms with Crippen molar-refractivity contribution in [3.8, 4) is 0 Å². The zero-order valence-electron chi connectivity index (χ0n) is 11.3. The van der Waals surface area contributed by atoms with Crippen molar-refractivity contribution in [1.82, 2.24) is 5.32 Å². The van der Waals surface area contributed by atoms with Gasteiger partial charge in [-0.25, -0.2) is 0 Å². The highest BCUT2D eigenvalue weighted by molar-refractivity contribution is 6.31. The van der Waals surface area contributed by atoms with Crippen LogP contribution in [0.2, 0.25) is 5.02 Å². The highest BCUT2D eigenvalue weighted by atomic mass is 35.5. The number of hydrogen-bond acceptors (Lipinski definition) is 1. The molecular weight excluding hydrogens is 270 g/mol. The molecule has 0 aliphatic rings. The van der Waals surface area contributed by atoms with Gasteiger partial charge in [-0.15, -0.1) is 0 Å². The van der Waals surface area contributed by atoms with E-state index in [-0.39, 0.29) is 5.91 Å². The lowest BCUT2D eigenvalue weighted by Crippen LogP contribution is -2.20. The second-order valence-corrected chi connectivity index (χ2v) is 4.96. The Kier molecular flexibility index (Phi) is 4.97. The third kappa shape index (κ3) is 4.25. The van der Waals surface area contributed by atoms with Gasteiger partial charge in [-0.2, -0.15) is 0 Å². The summed E-state index contributed by atoms with van der Waals surface area (Å²) in [5, 5.41) is 3.47.